The molecule has 2 unspecified atom stereocenters. The molecule has 0 aromatic rings. The van der Waals surface area contributed by atoms with Crippen molar-refractivity contribution in [3.8, 4) is 0 Å². The first-order chi connectivity index (χ1) is 3.46. The number of rotatable bonds is 0. The second kappa shape index (κ2) is 16.8. The molecule has 0 rings (SSSR count). The van der Waals surface area contributed by atoms with Crippen molar-refractivity contribution >= 4 is 42.3 Å². The third-order valence-electron chi connectivity index (χ3n) is 0. The topological polar surface area (TPSA) is 86.6 Å². The van der Waals surface area contributed by atoms with Crippen LogP contribution in [0.3, 0.4) is 0 Å². The van der Waals surface area contributed by atoms with Crippen LogP contribution < -0.4 is 28.5 Å². The van der Waals surface area contributed by atoms with Crippen molar-refractivity contribution in [1.29, 1.82) is 0 Å². The van der Waals surface area contributed by atoms with Gasteiger partial charge in [-0.25, -0.2) is 0 Å². The van der Waals surface area contributed by atoms with Crippen molar-refractivity contribution in [2.24, 2.45) is 0 Å². The first-order valence-electron chi connectivity index (χ1n) is 1.42. The quantitative estimate of drug-likeness (QED) is 0.296. The van der Waals surface area contributed by atoms with E-state index in [9.17, 15) is 8.22 Å². The molecule has 0 radical (unpaired) electrons. The maximum Gasteiger partial charge on any atom is 2.00 e. The van der Waals surface area contributed by atoms with E-state index in [1.54, 1.807) is 0 Å². The second-order valence-electron chi connectivity index (χ2n) is 0.584. The maximum absolute atomic E-state index is 10.1. The molecule has 0 aromatic carbocycles. The largest absolute Gasteiger partial charge is 2.00 e. The van der Waals surface area contributed by atoms with Gasteiger partial charge in [-0.3, -0.25) is 0 Å². The molecule has 0 aliphatic heterocycles. The van der Waals surface area contributed by atoms with E-state index in [4.69, 9.17) is 19.2 Å². The average molecular weight is 194 g/mol. The van der Waals surface area contributed by atoms with Gasteiger partial charge in [0.1, 0.15) is 0 Å². The van der Waals surface area contributed by atoms with Crippen molar-refractivity contribution in [2.75, 3.05) is 0 Å². The van der Waals surface area contributed by atoms with Crippen molar-refractivity contribution < 1.29 is 47.7 Å². The fraction of sp³-hybridized carbons (Fsp3) is 0. The number of hydrogen-bond acceptors (Lipinski definition) is 4. The first kappa shape index (κ1) is 22.5. The minimum absolute atomic E-state index is 0. The zero-order chi connectivity index (χ0) is 7.15. The van der Waals surface area contributed by atoms with Gasteiger partial charge in [-0.05, 0) is 0 Å². The molecular weight excluding hydrogens is 189 g/mol. The summed E-state index contributed by atoms with van der Waals surface area (Å²) in [7, 11) is -7.78. The van der Waals surface area contributed by atoms with E-state index in [-0.39, 0.29) is 43.3 Å². The summed E-state index contributed by atoms with van der Waals surface area (Å²) in [6.45, 7) is 0. The number of hydrogen-bond donors (Lipinski definition) is 2. The molecule has 0 aliphatic carbocycles. The summed E-state index contributed by atoms with van der Waals surface area (Å²) in [6, 6.07) is 0. The van der Waals surface area contributed by atoms with Crippen LogP contribution in [-0.4, -0.2) is 51.9 Å². The van der Waals surface area contributed by atoms with Crippen molar-refractivity contribution in [3.05, 3.63) is 0 Å². The van der Waals surface area contributed by atoms with E-state index in [0.29, 0.717) is 0 Å². The van der Waals surface area contributed by atoms with E-state index in [0.717, 1.165) is 0 Å². The molecule has 0 heterocycles. The van der Waals surface area contributed by atoms with Crippen LogP contribution in [-0.2, 0) is 0 Å². The Hall–Kier alpha value is 1.50. The Morgan fingerprint density at radius 2 is 1.10 bits per heavy atom. The molecule has 0 saturated carbocycles. The smallest absolute Gasteiger partial charge is 1.00 e. The first-order valence-corrected chi connectivity index (χ1v) is 4.27. The minimum Gasteiger partial charge on any atom is -1.00 e. The van der Waals surface area contributed by atoms with Gasteiger partial charge in [0.2, 0.25) is 0 Å². The van der Waals surface area contributed by atoms with Gasteiger partial charge in [-0.1, -0.05) is 0 Å². The molecular formula is H5F2LiMgO4Si2. The van der Waals surface area contributed by atoms with Crippen LogP contribution in [0, 0.1) is 0 Å². The summed E-state index contributed by atoms with van der Waals surface area (Å²) < 4.78 is 20.3. The third-order valence-corrected chi connectivity index (χ3v) is 0. The fourth-order valence-electron chi connectivity index (χ4n) is 0. The van der Waals surface area contributed by atoms with Gasteiger partial charge in [0.25, 0.3) is 19.2 Å². The van der Waals surface area contributed by atoms with Crippen LogP contribution in [0.4, 0.5) is 8.22 Å². The zero-order valence-electron chi connectivity index (χ0n) is 6.33. The van der Waals surface area contributed by atoms with Gasteiger partial charge in [-0.15, -0.1) is 0 Å². The molecule has 0 bridgehead atoms. The predicted molar refractivity (Wildman–Crippen MR) is 27.8 cm³/mol. The van der Waals surface area contributed by atoms with E-state index < -0.39 is 19.2 Å². The Morgan fingerprint density at radius 3 is 1.10 bits per heavy atom. The van der Waals surface area contributed by atoms with Crippen molar-refractivity contribution in [3.63, 3.8) is 0 Å². The Balaban J connectivity index is -0.0000000171. The molecule has 0 amide bonds. The maximum atomic E-state index is 10.1. The van der Waals surface area contributed by atoms with Gasteiger partial charge in [0, 0.05) is 0 Å². The van der Waals surface area contributed by atoms with Crippen LogP contribution in [0.5, 0.6) is 0 Å². The number of halogens is 2. The van der Waals surface area contributed by atoms with Gasteiger partial charge < -0.3 is 28.8 Å². The molecule has 4 nitrogen and oxygen atoms in total. The van der Waals surface area contributed by atoms with E-state index in [2.05, 4.69) is 0 Å². The monoisotopic (exact) mass is 194 g/mol. The van der Waals surface area contributed by atoms with Crippen LogP contribution in [0.2, 0.25) is 0 Å². The van der Waals surface area contributed by atoms with Gasteiger partial charge >= 0.3 is 41.9 Å². The van der Waals surface area contributed by atoms with Crippen LogP contribution in [0.15, 0.2) is 0 Å². The normalized spacial score (nSPS) is 12.6. The predicted octanol–water partition coefficient (Wildman–Crippen LogP) is -7.21. The molecule has 54 valence electrons. The summed E-state index contributed by atoms with van der Waals surface area (Å²) in [5, 5.41) is 0. The van der Waals surface area contributed by atoms with Crippen LogP contribution in [0.1, 0.15) is 1.43 Å². The molecule has 0 spiro atoms. The Kier molecular flexibility index (Phi) is 38.0. The van der Waals surface area contributed by atoms with Gasteiger partial charge in [0.15, 0.2) is 0 Å². The minimum atomic E-state index is -3.89. The summed E-state index contributed by atoms with van der Waals surface area (Å²) >= 11 is 0. The summed E-state index contributed by atoms with van der Waals surface area (Å²) in [4.78, 5) is 31.1. The summed E-state index contributed by atoms with van der Waals surface area (Å²) in [5.41, 5.74) is 0. The van der Waals surface area contributed by atoms with E-state index in [1.165, 1.54) is 0 Å². The van der Waals surface area contributed by atoms with Crippen molar-refractivity contribution in [1.82, 2.24) is 0 Å². The molecule has 0 aromatic heterocycles. The molecule has 2 N–H and O–H groups in total. The van der Waals surface area contributed by atoms with Crippen LogP contribution in [0.25, 0.3) is 0 Å². The third kappa shape index (κ3) is 306. The molecule has 10 heavy (non-hydrogen) atoms. The van der Waals surface area contributed by atoms with Crippen molar-refractivity contribution in [2.45, 2.75) is 0 Å². The van der Waals surface area contributed by atoms with Gasteiger partial charge in [0.05, 0.1) is 0 Å². The molecule has 10 heteroatoms. The molecule has 0 aliphatic rings. The standard InChI is InChI=1S/2FH2O2Si.Li.Mg.H/c2*1-4(2)3;;;/h2*2,4H;;;/q2*-1;+1;+2;-1. The summed E-state index contributed by atoms with van der Waals surface area (Å²) in [6.07, 6.45) is 0. The Bertz CT molecular complexity index is 41.6. The molecule has 0 saturated heterocycles. The second-order valence-corrected chi connectivity index (χ2v) is 1.75. The zero-order valence-corrected chi connectivity index (χ0v) is 9.05. The SMILES string of the molecule is [H-].[Li+].[Mg+2].[O-][SiH](O)F.[O-][SiH](O)F. The fourth-order valence-corrected chi connectivity index (χ4v) is 0. The Morgan fingerprint density at radius 1 is 1.10 bits per heavy atom. The van der Waals surface area contributed by atoms with Crippen LogP contribution >= 0.6 is 0 Å². The molecule has 0 fully saturated rings. The Labute approximate surface area is 89.7 Å². The average Bonchev–Trinajstić information content (AvgIpc) is 1.25. The van der Waals surface area contributed by atoms with E-state index >= 15 is 0 Å². The van der Waals surface area contributed by atoms with E-state index in [1.807, 2.05) is 0 Å². The summed E-state index contributed by atoms with van der Waals surface area (Å²) in [5.74, 6) is 0. The van der Waals surface area contributed by atoms with Gasteiger partial charge in [-0.2, -0.15) is 0 Å². The molecule has 2 atom stereocenters.